The Morgan fingerprint density at radius 1 is 0.833 bits per heavy atom. The number of hydrogen-bond donors (Lipinski definition) is 2. The van der Waals surface area contributed by atoms with Gasteiger partial charge in [0.2, 0.25) is 8.46 Å². The molecule has 0 aliphatic heterocycles. The van der Waals surface area contributed by atoms with Crippen molar-refractivity contribution in [3.05, 3.63) is 0 Å². The molecule has 0 heterocycles. The average molecular weight is 553 g/mol. The van der Waals surface area contributed by atoms with Gasteiger partial charge in [-0.15, -0.1) is 0 Å². The van der Waals surface area contributed by atoms with Gasteiger partial charge in [-0.1, -0.05) is 111 Å². The summed E-state index contributed by atoms with van der Waals surface area (Å²) in [6.07, 6.45) is 19.0. The Morgan fingerprint density at radius 3 is 1.81 bits per heavy atom. The molecule has 0 amide bonds. The molecule has 0 saturated heterocycles. The van der Waals surface area contributed by atoms with Gasteiger partial charge in [-0.2, -0.15) is 0 Å². The number of carboxylic acid groups (broad SMARTS) is 1. The molecule has 2 N–H and O–H groups in total. The zero-order valence-electron chi connectivity index (χ0n) is 23.1. The third-order valence-corrected chi connectivity index (χ3v) is 8.93. The molecule has 0 fully saturated rings. The van der Waals surface area contributed by atoms with Crippen LogP contribution >= 0.6 is 8.46 Å². The molecule has 0 aliphatic rings. The van der Waals surface area contributed by atoms with E-state index < -0.39 is 37.0 Å². The summed E-state index contributed by atoms with van der Waals surface area (Å²) in [5.41, 5.74) is -2.82. The first-order valence-electron chi connectivity index (χ1n) is 14.3. The van der Waals surface area contributed by atoms with Crippen LogP contribution in [0.1, 0.15) is 136 Å². The Labute approximate surface area is 224 Å². The normalized spacial score (nSPS) is 16.0. The lowest BCUT2D eigenvalue weighted by atomic mass is 10.1. The quantitative estimate of drug-likeness (QED) is 0.0614. The van der Waals surface area contributed by atoms with Crippen molar-refractivity contribution in [1.29, 1.82) is 0 Å². The fourth-order valence-corrected chi connectivity index (χ4v) is 5.99. The molecule has 0 rings (SSSR count). The number of unbranched alkanes of at least 4 members (excludes halogenated alkanes) is 13. The van der Waals surface area contributed by atoms with E-state index in [4.69, 9.17) is 14.6 Å². The van der Waals surface area contributed by atoms with Gasteiger partial charge in [0, 0.05) is 21.8 Å². The van der Waals surface area contributed by atoms with E-state index in [0.29, 0.717) is 12.2 Å². The topological polar surface area (TPSA) is 110 Å². The largest absolute Gasteiger partial charge is 0.477 e. The van der Waals surface area contributed by atoms with E-state index in [1.54, 1.807) is 6.92 Å². The molecule has 0 aromatic heterocycles. The lowest BCUT2D eigenvalue weighted by Gasteiger charge is -2.24. The van der Waals surface area contributed by atoms with Crippen LogP contribution in [0.3, 0.4) is 0 Å². The second-order valence-corrected chi connectivity index (χ2v) is 12.3. The summed E-state index contributed by atoms with van der Waals surface area (Å²) in [7, 11) is -1.99. The summed E-state index contributed by atoms with van der Waals surface area (Å²) < 4.78 is 34.8. The van der Waals surface area contributed by atoms with Gasteiger partial charge in [-0.25, -0.2) is 4.79 Å². The Bertz CT molecular complexity index is 578. The highest BCUT2D eigenvalue weighted by Gasteiger charge is 2.41. The van der Waals surface area contributed by atoms with Gasteiger partial charge in [-0.05, 0) is 25.7 Å². The lowest BCUT2D eigenvalue weighted by molar-refractivity contribution is -0.252. The molecule has 9 heteroatoms. The highest BCUT2D eigenvalue weighted by atomic mass is 32.2. The maximum atomic E-state index is 13.1. The maximum Gasteiger partial charge on any atom is 0.377 e. The number of aliphatic hydroxyl groups is 1. The molecule has 36 heavy (non-hydrogen) atoms. The zero-order valence-corrected chi connectivity index (χ0v) is 24.8. The summed E-state index contributed by atoms with van der Waals surface area (Å²) in [5.74, 6) is -1.03. The molecular weight excluding hydrogens is 499 g/mol. The van der Waals surface area contributed by atoms with Gasteiger partial charge in [-0.3, -0.25) is 8.77 Å². The Morgan fingerprint density at radius 2 is 1.33 bits per heavy atom. The minimum absolute atomic E-state index is 0.0266. The van der Waals surface area contributed by atoms with Gasteiger partial charge < -0.3 is 19.7 Å². The highest BCUT2D eigenvalue weighted by molar-refractivity contribution is 7.85. The molecular formula is C27H53O7PS. The number of carbonyl (C=O) groups is 1. The first-order valence-corrected chi connectivity index (χ1v) is 16.5. The van der Waals surface area contributed by atoms with Gasteiger partial charge in [0.05, 0.1) is 6.61 Å². The fourth-order valence-electron chi connectivity index (χ4n) is 4.14. The molecule has 0 spiro atoms. The van der Waals surface area contributed by atoms with E-state index in [1.807, 2.05) is 0 Å². The van der Waals surface area contributed by atoms with Crippen LogP contribution in [-0.4, -0.2) is 49.8 Å². The van der Waals surface area contributed by atoms with Crippen molar-refractivity contribution in [3.63, 3.8) is 0 Å². The van der Waals surface area contributed by atoms with E-state index in [0.717, 1.165) is 32.1 Å². The smallest absolute Gasteiger partial charge is 0.377 e. The zero-order chi connectivity index (χ0) is 27.1. The number of ether oxygens (including phenoxy) is 2. The van der Waals surface area contributed by atoms with Crippen LogP contribution in [0.2, 0.25) is 0 Å². The van der Waals surface area contributed by atoms with Crippen molar-refractivity contribution in [2.45, 2.75) is 153 Å². The number of hydrogen-bond acceptors (Lipinski definition) is 6. The molecule has 7 nitrogen and oxygen atoms in total. The van der Waals surface area contributed by atoms with Crippen LogP contribution in [0, 0.1) is 0 Å². The van der Waals surface area contributed by atoms with E-state index >= 15 is 0 Å². The summed E-state index contributed by atoms with van der Waals surface area (Å²) in [6, 6.07) is 0. The van der Waals surface area contributed by atoms with Crippen molar-refractivity contribution in [3.8, 4) is 0 Å². The van der Waals surface area contributed by atoms with Crippen LogP contribution in [0.5, 0.6) is 0 Å². The van der Waals surface area contributed by atoms with Crippen LogP contribution in [0.15, 0.2) is 0 Å². The van der Waals surface area contributed by atoms with Crippen LogP contribution < -0.4 is 0 Å². The van der Waals surface area contributed by atoms with Crippen molar-refractivity contribution in [2.24, 2.45) is 0 Å². The SMILES string of the molecule is CCCCCCCCCCCCS(=O)C(CCCCCCC)CCOC(CC)OC(O)(P=O)C(=O)O. The van der Waals surface area contributed by atoms with E-state index in [-0.39, 0.29) is 18.3 Å². The number of rotatable bonds is 27. The first-order chi connectivity index (χ1) is 17.3. The third-order valence-electron chi connectivity index (χ3n) is 6.48. The summed E-state index contributed by atoms with van der Waals surface area (Å²) in [4.78, 5) is 11.1. The molecule has 4 atom stereocenters. The van der Waals surface area contributed by atoms with Crippen molar-refractivity contribution in [1.82, 2.24) is 0 Å². The molecule has 0 aliphatic carbocycles. The maximum absolute atomic E-state index is 13.1. The predicted octanol–water partition coefficient (Wildman–Crippen LogP) is 7.57. The van der Waals surface area contributed by atoms with Gasteiger partial charge in [0.15, 0.2) is 6.29 Å². The Hall–Kier alpha value is -0.400. The first kappa shape index (κ1) is 35.6. The van der Waals surface area contributed by atoms with Crippen molar-refractivity contribution >= 4 is 25.2 Å². The summed E-state index contributed by atoms with van der Waals surface area (Å²) in [5, 5.41) is 18.9. The lowest BCUT2D eigenvalue weighted by Crippen LogP contribution is -2.40. The van der Waals surface area contributed by atoms with Crippen LogP contribution in [0.4, 0.5) is 0 Å². The molecule has 0 bridgehead atoms. The molecule has 0 aromatic rings. The molecule has 0 radical (unpaired) electrons. The van der Waals surface area contributed by atoms with Crippen LogP contribution in [0.25, 0.3) is 0 Å². The summed E-state index contributed by atoms with van der Waals surface area (Å²) >= 11 is 0. The van der Waals surface area contributed by atoms with Gasteiger partial charge in [0.25, 0.3) is 0 Å². The predicted molar refractivity (Wildman–Crippen MR) is 148 cm³/mol. The fraction of sp³-hybridized carbons (Fsp3) is 0.963. The molecule has 0 aromatic carbocycles. The Balaban J connectivity index is 4.49. The van der Waals surface area contributed by atoms with E-state index in [2.05, 4.69) is 13.8 Å². The monoisotopic (exact) mass is 552 g/mol. The van der Waals surface area contributed by atoms with E-state index in [9.17, 15) is 18.7 Å². The number of carboxylic acids is 1. The minimum atomic E-state index is -2.82. The molecule has 0 saturated carbocycles. The van der Waals surface area contributed by atoms with Crippen molar-refractivity contribution < 1.29 is 33.3 Å². The summed E-state index contributed by atoms with van der Waals surface area (Å²) in [6.45, 7) is 6.39. The molecule has 214 valence electrons. The average Bonchev–Trinajstić information content (AvgIpc) is 2.87. The second kappa shape index (κ2) is 23.7. The molecule has 4 unspecified atom stereocenters. The highest BCUT2D eigenvalue weighted by Crippen LogP contribution is 2.25. The number of aliphatic carboxylic acids is 1. The Kier molecular flexibility index (Phi) is 23.4. The third kappa shape index (κ3) is 18.0. The van der Waals surface area contributed by atoms with E-state index in [1.165, 1.54) is 70.6 Å². The minimum Gasteiger partial charge on any atom is -0.477 e. The standard InChI is InChI=1S/C27H53O7PS/c1-4-7-9-11-12-13-14-15-17-19-23-36(32)24(20-18-16-10-8-5-2)21-22-33-25(6-3)34-27(30,35-31)26(28)29/h24-25,30H,4-23H2,1-3H3,(H,28,29). The van der Waals surface area contributed by atoms with Crippen LogP contribution in [-0.2, 0) is 29.6 Å². The van der Waals surface area contributed by atoms with Crippen molar-refractivity contribution in [2.75, 3.05) is 12.4 Å². The van der Waals surface area contributed by atoms with Gasteiger partial charge in [0.1, 0.15) is 0 Å². The van der Waals surface area contributed by atoms with Gasteiger partial charge >= 0.3 is 11.5 Å². The second-order valence-electron chi connectivity index (χ2n) is 9.71.